The second-order valence-electron chi connectivity index (χ2n) is 6.32. The third-order valence-corrected chi connectivity index (χ3v) is 5.37. The molecule has 0 spiro atoms. The Morgan fingerprint density at radius 1 is 1.04 bits per heavy atom. The Morgan fingerprint density at radius 3 is 2.46 bits per heavy atom. The molecule has 1 aromatic heterocycles. The molecule has 0 saturated carbocycles. The van der Waals surface area contributed by atoms with Crippen LogP contribution in [0.5, 0.6) is 0 Å². The highest BCUT2D eigenvalue weighted by Crippen LogP contribution is 2.26. The molecule has 4 amide bonds. The van der Waals surface area contributed by atoms with Crippen molar-refractivity contribution < 1.29 is 14.4 Å². The summed E-state index contributed by atoms with van der Waals surface area (Å²) in [6.45, 7) is 2.79. The first kappa shape index (κ1) is 18.4. The number of urea groups is 1. The number of aryl methyl sites for hydroxylation is 1. The molecular weight excluding hydrogens is 469 g/mol. The standard InChI is InChI=1S/C21H16IN3O3/c1-2-24-12-13(16-5-3-4-6-18(16)24)11-17-19(26)23-21(28)25(20(17)27)15-9-7-14(22)8-10-15/h3-12H,2H2,1H3,(H,23,26,28)/b17-11+. The number of barbiturate groups is 1. The monoisotopic (exact) mass is 485 g/mol. The number of para-hydroxylation sites is 1. The van der Waals surface area contributed by atoms with Crippen molar-refractivity contribution >= 4 is 63.1 Å². The van der Waals surface area contributed by atoms with Gasteiger partial charge in [-0.2, -0.15) is 0 Å². The molecule has 1 aliphatic rings. The number of rotatable bonds is 3. The summed E-state index contributed by atoms with van der Waals surface area (Å²) in [6, 6.07) is 14.0. The molecule has 0 bridgehead atoms. The number of nitrogens with zero attached hydrogens (tertiary/aromatic N) is 2. The maximum Gasteiger partial charge on any atom is 0.335 e. The van der Waals surface area contributed by atoms with Gasteiger partial charge in [-0.1, -0.05) is 18.2 Å². The van der Waals surface area contributed by atoms with Crippen molar-refractivity contribution in [3.05, 3.63) is 69.4 Å². The van der Waals surface area contributed by atoms with Gasteiger partial charge in [0, 0.05) is 32.8 Å². The van der Waals surface area contributed by atoms with Crippen LogP contribution in [0.4, 0.5) is 10.5 Å². The van der Waals surface area contributed by atoms with E-state index < -0.39 is 17.8 Å². The summed E-state index contributed by atoms with van der Waals surface area (Å²) >= 11 is 2.14. The second kappa shape index (κ2) is 7.23. The minimum Gasteiger partial charge on any atom is -0.347 e. The quantitative estimate of drug-likeness (QED) is 0.347. The summed E-state index contributed by atoms with van der Waals surface area (Å²) in [6.07, 6.45) is 3.46. The zero-order valence-electron chi connectivity index (χ0n) is 15.0. The largest absolute Gasteiger partial charge is 0.347 e. The molecule has 1 aliphatic heterocycles. The van der Waals surface area contributed by atoms with Gasteiger partial charge in [-0.05, 0) is 65.9 Å². The number of aromatic nitrogens is 1. The van der Waals surface area contributed by atoms with E-state index in [0.717, 1.165) is 31.5 Å². The number of halogens is 1. The maximum absolute atomic E-state index is 13.0. The highest BCUT2D eigenvalue weighted by molar-refractivity contribution is 14.1. The van der Waals surface area contributed by atoms with Crippen molar-refractivity contribution in [2.45, 2.75) is 13.5 Å². The van der Waals surface area contributed by atoms with Gasteiger partial charge in [0.05, 0.1) is 5.69 Å². The zero-order chi connectivity index (χ0) is 19.8. The second-order valence-corrected chi connectivity index (χ2v) is 7.57. The minimum atomic E-state index is -0.746. The minimum absolute atomic E-state index is 0.0721. The number of imide groups is 2. The molecule has 1 N–H and O–H groups in total. The summed E-state index contributed by atoms with van der Waals surface area (Å²) in [5.74, 6) is -1.33. The number of fused-ring (bicyclic) bond motifs is 1. The van der Waals surface area contributed by atoms with E-state index in [-0.39, 0.29) is 5.57 Å². The maximum atomic E-state index is 13.0. The average molecular weight is 485 g/mol. The molecule has 0 radical (unpaired) electrons. The topological polar surface area (TPSA) is 71.4 Å². The summed E-state index contributed by atoms with van der Waals surface area (Å²) in [7, 11) is 0. The Bertz CT molecular complexity index is 1150. The van der Waals surface area contributed by atoms with Crippen LogP contribution in [-0.4, -0.2) is 22.4 Å². The van der Waals surface area contributed by atoms with Gasteiger partial charge in [0.25, 0.3) is 11.8 Å². The predicted octanol–water partition coefficient (Wildman–Crippen LogP) is 3.93. The molecule has 7 heteroatoms. The summed E-state index contributed by atoms with van der Waals surface area (Å²) in [5.41, 5.74) is 2.12. The highest BCUT2D eigenvalue weighted by Gasteiger charge is 2.36. The Kier molecular flexibility index (Phi) is 4.76. The van der Waals surface area contributed by atoms with Crippen LogP contribution < -0.4 is 10.2 Å². The SMILES string of the molecule is CCn1cc(/C=C2\C(=O)NC(=O)N(c3ccc(I)cc3)C2=O)c2ccccc21. The number of carbonyl (C=O) groups is 3. The van der Waals surface area contributed by atoms with E-state index >= 15 is 0 Å². The van der Waals surface area contributed by atoms with Crippen LogP contribution in [0.15, 0.2) is 60.3 Å². The van der Waals surface area contributed by atoms with E-state index in [4.69, 9.17) is 0 Å². The van der Waals surface area contributed by atoms with Crippen LogP contribution in [0, 0.1) is 3.57 Å². The number of benzene rings is 2. The lowest BCUT2D eigenvalue weighted by Crippen LogP contribution is -2.54. The first-order chi connectivity index (χ1) is 13.5. The van der Waals surface area contributed by atoms with Crippen molar-refractivity contribution in [2.24, 2.45) is 0 Å². The van der Waals surface area contributed by atoms with E-state index in [1.54, 1.807) is 30.3 Å². The van der Waals surface area contributed by atoms with Gasteiger partial charge in [0.1, 0.15) is 5.57 Å². The van der Waals surface area contributed by atoms with Crippen LogP contribution in [0.1, 0.15) is 12.5 Å². The van der Waals surface area contributed by atoms with Crippen molar-refractivity contribution in [2.75, 3.05) is 4.90 Å². The molecule has 1 fully saturated rings. The van der Waals surface area contributed by atoms with E-state index in [0.29, 0.717) is 5.69 Å². The lowest BCUT2D eigenvalue weighted by atomic mass is 10.1. The lowest BCUT2D eigenvalue weighted by Gasteiger charge is -2.26. The van der Waals surface area contributed by atoms with E-state index in [1.807, 2.05) is 37.4 Å². The number of carbonyl (C=O) groups excluding carboxylic acids is 3. The normalized spacial score (nSPS) is 16.1. The molecule has 4 rings (SSSR count). The van der Waals surface area contributed by atoms with Crippen LogP contribution in [0.3, 0.4) is 0 Å². The van der Waals surface area contributed by atoms with Crippen molar-refractivity contribution in [1.29, 1.82) is 0 Å². The van der Waals surface area contributed by atoms with Gasteiger partial charge in [-0.15, -0.1) is 0 Å². The van der Waals surface area contributed by atoms with Gasteiger partial charge in [-0.3, -0.25) is 14.9 Å². The van der Waals surface area contributed by atoms with Gasteiger partial charge >= 0.3 is 6.03 Å². The van der Waals surface area contributed by atoms with Gasteiger partial charge in [0.15, 0.2) is 0 Å². The Labute approximate surface area is 175 Å². The number of hydrogen-bond acceptors (Lipinski definition) is 3. The fraction of sp³-hybridized carbons (Fsp3) is 0.0952. The van der Waals surface area contributed by atoms with Crippen LogP contribution in [0.2, 0.25) is 0 Å². The highest BCUT2D eigenvalue weighted by atomic mass is 127. The molecule has 0 unspecified atom stereocenters. The first-order valence-corrected chi connectivity index (χ1v) is 9.82. The summed E-state index contributed by atoms with van der Waals surface area (Å²) in [4.78, 5) is 38.7. The Hall–Kier alpha value is -2.94. The van der Waals surface area contributed by atoms with Gasteiger partial charge < -0.3 is 4.57 Å². The number of hydrogen-bond donors (Lipinski definition) is 1. The average Bonchev–Trinajstić information content (AvgIpc) is 3.04. The number of anilines is 1. The fourth-order valence-electron chi connectivity index (χ4n) is 3.29. The van der Waals surface area contributed by atoms with Crippen molar-refractivity contribution in [1.82, 2.24) is 9.88 Å². The predicted molar refractivity (Wildman–Crippen MR) is 116 cm³/mol. The fourth-order valence-corrected chi connectivity index (χ4v) is 3.65. The van der Waals surface area contributed by atoms with Crippen LogP contribution in [-0.2, 0) is 16.1 Å². The van der Waals surface area contributed by atoms with Crippen LogP contribution >= 0.6 is 22.6 Å². The lowest BCUT2D eigenvalue weighted by molar-refractivity contribution is -0.122. The molecule has 2 aromatic carbocycles. The molecule has 0 atom stereocenters. The third kappa shape index (κ3) is 3.11. The third-order valence-electron chi connectivity index (χ3n) is 4.65. The molecular formula is C21H16IN3O3. The van der Waals surface area contributed by atoms with Crippen molar-refractivity contribution in [3.63, 3.8) is 0 Å². The first-order valence-electron chi connectivity index (χ1n) is 8.74. The number of amides is 4. The molecule has 28 heavy (non-hydrogen) atoms. The Morgan fingerprint density at radius 2 is 1.75 bits per heavy atom. The molecule has 0 aliphatic carbocycles. The summed E-state index contributed by atoms with van der Waals surface area (Å²) in [5, 5.41) is 3.20. The van der Waals surface area contributed by atoms with Crippen LogP contribution in [0.25, 0.3) is 17.0 Å². The smallest absolute Gasteiger partial charge is 0.335 e. The van der Waals surface area contributed by atoms with E-state index in [1.165, 1.54) is 0 Å². The summed E-state index contributed by atoms with van der Waals surface area (Å²) < 4.78 is 3.03. The van der Waals surface area contributed by atoms with Gasteiger partial charge in [-0.25, -0.2) is 9.69 Å². The van der Waals surface area contributed by atoms with E-state index in [2.05, 4.69) is 32.5 Å². The molecule has 140 valence electrons. The molecule has 6 nitrogen and oxygen atoms in total. The molecule has 1 saturated heterocycles. The molecule has 3 aromatic rings. The zero-order valence-corrected chi connectivity index (χ0v) is 17.1. The van der Waals surface area contributed by atoms with Gasteiger partial charge in [0.2, 0.25) is 0 Å². The molecule has 2 heterocycles. The Balaban J connectivity index is 1.80. The van der Waals surface area contributed by atoms with E-state index in [9.17, 15) is 14.4 Å². The number of nitrogens with one attached hydrogen (secondary N) is 1. The van der Waals surface area contributed by atoms with Crippen molar-refractivity contribution in [3.8, 4) is 0 Å².